The number of aromatic nitrogens is 1. The third kappa shape index (κ3) is 4.69. The van der Waals surface area contributed by atoms with Crippen molar-refractivity contribution in [3.05, 3.63) is 53.3 Å². The number of nitrogens with one attached hydrogen (secondary N) is 1. The molecule has 0 atom stereocenters. The molecule has 0 bridgehead atoms. The Balaban J connectivity index is 1.88. The SMILES string of the molecule is CN(C)c1ccc(C(=O)OCC(=O)Nc2cccnc2Cl)cc1. The van der Waals surface area contributed by atoms with Gasteiger partial charge in [0.25, 0.3) is 5.91 Å². The maximum Gasteiger partial charge on any atom is 0.338 e. The first-order valence-corrected chi connectivity index (χ1v) is 7.20. The molecule has 0 radical (unpaired) electrons. The van der Waals surface area contributed by atoms with Gasteiger partial charge < -0.3 is 15.0 Å². The van der Waals surface area contributed by atoms with Crippen LogP contribution < -0.4 is 10.2 Å². The number of halogens is 1. The smallest absolute Gasteiger partial charge is 0.338 e. The van der Waals surface area contributed by atoms with Gasteiger partial charge in [-0.25, -0.2) is 9.78 Å². The van der Waals surface area contributed by atoms with Gasteiger partial charge >= 0.3 is 5.97 Å². The molecule has 1 aromatic carbocycles. The normalized spacial score (nSPS) is 10.0. The van der Waals surface area contributed by atoms with E-state index in [9.17, 15) is 9.59 Å². The summed E-state index contributed by atoms with van der Waals surface area (Å²) in [6.45, 7) is -0.403. The molecular weight excluding hydrogens is 318 g/mol. The zero-order valence-electron chi connectivity index (χ0n) is 12.7. The summed E-state index contributed by atoms with van der Waals surface area (Å²) < 4.78 is 4.97. The van der Waals surface area contributed by atoms with E-state index in [0.29, 0.717) is 11.3 Å². The molecule has 0 saturated heterocycles. The van der Waals surface area contributed by atoms with Gasteiger partial charge in [0.05, 0.1) is 11.3 Å². The average molecular weight is 334 g/mol. The van der Waals surface area contributed by atoms with Crippen molar-refractivity contribution in [3.8, 4) is 0 Å². The summed E-state index contributed by atoms with van der Waals surface area (Å²) >= 11 is 5.83. The number of hydrogen-bond donors (Lipinski definition) is 1. The van der Waals surface area contributed by atoms with E-state index in [1.54, 1.807) is 36.4 Å². The van der Waals surface area contributed by atoms with Crippen molar-refractivity contribution in [3.63, 3.8) is 0 Å². The van der Waals surface area contributed by atoms with Gasteiger partial charge in [0.2, 0.25) is 0 Å². The molecule has 23 heavy (non-hydrogen) atoms. The average Bonchev–Trinajstić information content (AvgIpc) is 2.55. The first-order valence-electron chi connectivity index (χ1n) is 6.82. The molecule has 0 saturated carbocycles. The minimum absolute atomic E-state index is 0.173. The Bertz CT molecular complexity index is 702. The largest absolute Gasteiger partial charge is 0.452 e. The second-order valence-electron chi connectivity index (χ2n) is 4.91. The lowest BCUT2D eigenvalue weighted by molar-refractivity contribution is -0.119. The molecule has 1 N–H and O–H groups in total. The second-order valence-corrected chi connectivity index (χ2v) is 5.27. The first-order chi connectivity index (χ1) is 11.0. The number of nitrogens with zero attached hydrogens (tertiary/aromatic N) is 2. The molecule has 7 heteroatoms. The summed E-state index contributed by atoms with van der Waals surface area (Å²) in [4.78, 5) is 29.4. The van der Waals surface area contributed by atoms with Crippen LogP contribution in [0.25, 0.3) is 0 Å². The highest BCUT2D eigenvalue weighted by Gasteiger charge is 2.11. The molecule has 2 aromatic rings. The van der Waals surface area contributed by atoms with Gasteiger partial charge in [0.1, 0.15) is 0 Å². The number of benzene rings is 1. The van der Waals surface area contributed by atoms with Gasteiger partial charge in [-0.1, -0.05) is 11.6 Å². The van der Waals surface area contributed by atoms with Crippen LogP contribution in [0.5, 0.6) is 0 Å². The summed E-state index contributed by atoms with van der Waals surface area (Å²) in [6, 6.07) is 10.1. The number of ether oxygens (including phenoxy) is 1. The highest BCUT2D eigenvalue weighted by atomic mass is 35.5. The monoisotopic (exact) mass is 333 g/mol. The van der Waals surface area contributed by atoms with Crippen molar-refractivity contribution in [2.24, 2.45) is 0 Å². The van der Waals surface area contributed by atoms with Crippen LogP contribution in [0, 0.1) is 0 Å². The fraction of sp³-hybridized carbons (Fsp3) is 0.188. The maximum atomic E-state index is 11.9. The van der Waals surface area contributed by atoms with Crippen molar-refractivity contribution in [1.82, 2.24) is 4.98 Å². The lowest BCUT2D eigenvalue weighted by atomic mass is 10.2. The summed E-state index contributed by atoms with van der Waals surface area (Å²) in [6.07, 6.45) is 1.51. The molecule has 1 heterocycles. The van der Waals surface area contributed by atoms with E-state index in [1.165, 1.54) is 6.20 Å². The molecule has 0 aliphatic heterocycles. The van der Waals surface area contributed by atoms with Crippen LogP contribution in [0.15, 0.2) is 42.6 Å². The van der Waals surface area contributed by atoms with E-state index in [4.69, 9.17) is 16.3 Å². The molecule has 1 aromatic heterocycles. The lowest BCUT2D eigenvalue weighted by Gasteiger charge is -2.12. The number of carbonyl (C=O) groups is 2. The number of amides is 1. The quantitative estimate of drug-likeness (QED) is 0.672. The van der Waals surface area contributed by atoms with Crippen molar-refractivity contribution in [2.75, 3.05) is 30.9 Å². The van der Waals surface area contributed by atoms with Gasteiger partial charge in [-0.05, 0) is 36.4 Å². The van der Waals surface area contributed by atoms with E-state index in [2.05, 4.69) is 10.3 Å². The van der Waals surface area contributed by atoms with Crippen molar-refractivity contribution in [2.45, 2.75) is 0 Å². The molecule has 1 amide bonds. The molecule has 6 nitrogen and oxygen atoms in total. The number of rotatable bonds is 5. The van der Waals surface area contributed by atoms with E-state index >= 15 is 0 Å². The Morgan fingerprint density at radius 2 is 1.91 bits per heavy atom. The van der Waals surface area contributed by atoms with Crippen molar-refractivity contribution in [1.29, 1.82) is 0 Å². The predicted octanol–water partition coefficient (Wildman–Crippen LogP) is 2.60. The Morgan fingerprint density at radius 3 is 2.52 bits per heavy atom. The summed E-state index contributed by atoms with van der Waals surface area (Å²) in [5, 5.41) is 2.70. The van der Waals surface area contributed by atoms with Gasteiger partial charge in [-0.3, -0.25) is 4.79 Å². The number of hydrogen-bond acceptors (Lipinski definition) is 5. The summed E-state index contributed by atoms with van der Waals surface area (Å²) in [7, 11) is 3.81. The van der Waals surface area contributed by atoms with Crippen LogP contribution in [0.1, 0.15) is 10.4 Å². The third-order valence-electron chi connectivity index (χ3n) is 2.99. The van der Waals surface area contributed by atoms with Gasteiger partial charge in [0, 0.05) is 26.0 Å². The minimum atomic E-state index is -0.567. The highest BCUT2D eigenvalue weighted by molar-refractivity contribution is 6.32. The molecular formula is C16H16ClN3O3. The van der Waals surface area contributed by atoms with E-state index in [0.717, 1.165) is 5.69 Å². The van der Waals surface area contributed by atoms with Crippen molar-refractivity contribution >= 4 is 34.9 Å². The van der Waals surface area contributed by atoms with E-state index < -0.39 is 18.5 Å². The van der Waals surface area contributed by atoms with Crippen LogP contribution in [0.3, 0.4) is 0 Å². The molecule has 2 rings (SSSR count). The Hall–Kier alpha value is -2.60. The molecule has 0 unspecified atom stereocenters. The minimum Gasteiger partial charge on any atom is -0.452 e. The summed E-state index contributed by atoms with van der Waals surface area (Å²) in [5.41, 5.74) is 1.71. The van der Waals surface area contributed by atoms with Gasteiger partial charge in [-0.15, -0.1) is 0 Å². The van der Waals surface area contributed by atoms with Gasteiger partial charge in [0.15, 0.2) is 11.8 Å². The second kappa shape index (κ2) is 7.60. The van der Waals surface area contributed by atoms with Crippen LogP contribution in [-0.4, -0.2) is 37.6 Å². The third-order valence-corrected chi connectivity index (χ3v) is 3.29. The van der Waals surface area contributed by atoms with Crippen molar-refractivity contribution < 1.29 is 14.3 Å². The number of carbonyl (C=O) groups excluding carboxylic acids is 2. The number of anilines is 2. The highest BCUT2D eigenvalue weighted by Crippen LogP contribution is 2.17. The number of pyridine rings is 1. The number of esters is 1. The standard InChI is InChI=1S/C16H16ClN3O3/c1-20(2)12-7-5-11(6-8-12)16(22)23-10-14(21)19-13-4-3-9-18-15(13)17/h3-9H,10H2,1-2H3,(H,19,21). The molecule has 0 aliphatic rings. The molecule has 0 fully saturated rings. The lowest BCUT2D eigenvalue weighted by Crippen LogP contribution is -2.21. The predicted molar refractivity (Wildman–Crippen MR) is 88.9 cm³/mol. The zero-order valence-corrected chi connectivity index (χ0v) is 13.5. The topological polar surface area (TPSA) is 71.5 Å². The fourth-order valence-corrected chi connectivity index (χ4v) is 1.94. The van der Waals surface area contributed by atoms with E-state index in [1.807, 2.05) is 19.0 Å². The van der Waals surface area contributed by atoms with Gasteiger partial charge in [-0.2, -0.15) is 0 Å². The maximum absolute atomic E-state index is 11.9. The summed E-state index contributed by atoms with van der Waals surface area (Å²) in [5.74, 6) is -1.05. The fourth-order valence-electron chi connectivity index (χ4n) is 1.78. The van der Waals surface area contributed by atoms with Crippen LogP contribution in [-0.2, 0) is 9.53 Å². The zero-order chi connectivity index (χ0) is 16.8. The Kier molecular flexibility index (Phi) is 5.54. The Morgan fingerprint density at radius 1 is 1.22 bits per heavy atom. The molecule has 0 aliphatic carbocycles. The van der Waals surface area contributed by atoms with Crippen LogP contribution in [0.4, 0.5) is 11.4 Å². The molecule has 120 valence electrons. The Labute approximate surface area is 139 Å². The van der Waals surface area contributed by atoms with Crippen LogP contribution in [0.2, 0.25) is 5.15 Å². The van der Waals surface area contributed by atoms with E-state index in [-0.39, 0.29) is 5.15 Å². The first kappa shape index (κ1) is 16.8. The molecule has 0 spiro atoms. The van der Waals surface area contributed by atoms with Crippen LogP contribution >= 0.6 is 11.6 Å².